The highest BCUT2D eigenvalue weighted by Gasteiger charge is 2.35. The van der Waals surface area contributed by atoms with Crippen LogP contribution in [0.3, 0.4) is 0 Å². The Morgan fingerprint density at radius 1 is 1.31 bits per heavy atom. The fraction of sp³-hybridized carbons (Fsp3) is 0.333. The molecule has 3 aromatic heterocycles. The van der Waals surface area contributed by atoms with Crippen LogP contribution in [-0.2, 0) is 38.5 Å². The van der Waals surface area contributed by atoms with Gasteiger partial charge in [-0.1, -0.05) is 34.3 Å². The molecule has 0 unspecified atom stereocenters. The third-order valence-electron chi connectivity index (χ3n) is 4.87. The highest BCUT2D eigenvalue weighted by atomic mass is 79.9. The van der Waals surface area contributed by atoms with Crippen molar-refractivity contribution >= 4 is 97.5 Å². The lowest BCUT2D eigenvalue weighted by Gasteiger charge is -2.15. The molecular formula is C18H19BrClN4O7S4+. The first-order valence-electron chi connectivity index (χ1n) is 9.84. The number of anilines is 1. The molecule has 17 heteroatoms. The molecule has 0 fully saturated rings. The van der Waals surface area contributed by atoms with E-state index in [4.69, 9.17) is 16.3 Å². The molecule has 0 bridgehead atoms. The number of carbonyl (C=O) groups is 1. The fourth-order valence-electron chi connectivity index (χ4n) is 3.50. The van der Waals surface area contributed by atoms with Gasteiger partial charge in [0.1, 0.15) is 14.7 Å². The summed E-state index contributed by atoms with van der Waals surface area (Å²) >= 11 is 12.2. The molecule has 11 nitrogen and oxygen atoms in total. The topological polar surface area (TPSA) is 139 Å². The number of nitrogens with one attached hydrogen (secondary N) is 1. The largest absolute Gasteiger partial charge is 0.422 e. The fourth-order valence-corrected chi connectivity index (χ4v) is 8.17. The molecule has 0 atom stereocenters. The summed E-state index contributed by atoms with van der Waals surface area (Å²) in [6.45, 7) is 1.41. The number of hydrogen-bond donors (Lipinski definition) is 2. The first-order valence-corrected chi connectivity index (χ1v) is 15.9. The van der Waals surface area contributed by atoms with Gasteiger partial charge in [0.15, 0.2) is 12.4 Å². The number of ether oxygens (including phenoxy) is 1. The molecule has 1 amide bonds. The normalized spacial score (nSPS) is 15.1. The Labute approximate surface area is 222 Å². The molecule has 0 aromatic carbocycles. The van der Waals surface area contributed by atoms with Gasteiger partial charge in [-0.15, -0.1) is 0 Å². The van der Waals surface area contributed by atoms with Crippen molar-refractivity contribution < 1.29 is 35.5 Å². The molecule has 4 rings (SSSR count). The van der Waals surface area contributed by atoms with E-state index in [9.17, 15) is 26.2 Å². The van der Waals surface area contributed by atoms with Crippen molar-refractivity contribution in [2.75, 3.05) is 16.5 Å². The number of thiazole rings is 1. The molecule has 2 N–H and O–H groups in total. The quantitative estimate of drug-likeness (QED) is 0.282. The zero-order valence-corrected chi connectivity index (χ0v) is 23.8. The van der Waals surface area contributed by atoms with Crippen molar-refractivity contribution in [2.45, 2.75) is 19.9 Å². The van der Waals surface area contributed by atoms with Gasteiger partial charge in [-0.3, -0.25) is 19.0 Å². The Bertz CT molecular complexity index is 1570. The van der Waals surface area contributed by atoms with E-state index in [1.807, 2.05) is 9.29 Å². The zero-order valence-electron chi connectivity index (χ0n) is 18.2. The molecule has 4 heterocycles. The summed E-state index contributed by atoms with van der Waals surface area (Å²) in [4.78, 5) is 13.3. The van der Waals surface area contributed by atoms with Crippen LogP contribution in [-0.4, -0.2) is 43.5 Å². The standard InChI is InChI=1S/C18H18BrClN4O7S4/c1-10(25)21-34(26,27)5-3-4-23-16(32-12-7-14(20)33-18(12)23)8-15-24(9-35(28,29)30)11-6-13(19)22(2)17(11)31-15/h6-8H,3-5,9H2,1-2H3,(H-,21,25,28,29,30)/p+1. The molecule has 3 aromatic rings. The summed E-state index contributed by atoms with van der Waals surface area (Å²) in [5.41, 5.74) is 0.456. The van der Waals surface area contributed by atoms with E-state index in [2.05, 4.69) is 15.9 Å². The minimum atomic E-state index is -4.39. The molecular weight excluding hydrogens is 628 g/mol. The number of aryl methyl sites for hydroxylation is 1. The van der Waals surface area contributed by atoms with Gasteiger partial charge in [0.2, 0.25) is 27.7 Å². The van der Waals surface area contributed by atoms with E-state index in [0.29, 0.717) is 25.5 Å². The molecule has 1 aliphatic rings. The van der Waals surface area contributed by atoms with E-state index in [1.165, 1.54) is 27.6 Å². The van der Waals surface area contributed by atoms with Gasteiger partial charge in [-0.25, -0.2) is 8.42 Å². The van der Waals surface area contributed by atoms with Crippen LogP contribution in [0.1, 0.15) is 18.4 Å². The molecule has 1 aliphatic heterocycles. The number of amides is 1. The predicted octanol–water partition coefficient (Wildman–Crippen LogP) is 2.90. The summed E-state index contributed by atoms with van der Waals surface area (Å²) in [6.07, 6.45) is 1.83. The third kappa shape index (κ3) is 5.84. The minimum absolute atomic E-state index is 0.176. The minimum Gasteiger partial charge on any atom is -0.422 e. The summed E-state index contributed by atoms with van der Waals surface area (Å²) in [7, 11) is -6.42. The van der Waals surface area contributed by atoms with E-state index in [0.717, 1.165) is 16.5 Å². The van der Waals surface area contributed by atoms with Crippen molar-refractivity contribution in [1.82, 2.24) is 9.29 Å². The Morgan fingerprint density at radius 3 is 2.69 bits per heavy atom. The predicted molar refractivity (Wildman–Crippen MR) is 138 cm³/mol. The average molecular weight is 647 g/mol. The maximum absolute atomic E-state index is 12.0. The number of sulfonamides is 1. The van der Waals surface area contributed by atoms with Gasteiger partial charge in [-0.2, -0.15) is 13.0 Å². The highest BCUT2D eigenvalue weighted by molar-refractivity contribution is 9.10. The Kier molecular flexibility index (Phi) is 7.27. The van der Waals surface area contributed by atoms with Crippen LogP contribution in [0.4, 0.5) is 5.69 Å². The summed E-state index contributed by atoms with van der Waals surface area (Å²) in [6, 6.07) is 3.46. The number of thiophene rings is 1. The van der Waals surface area contributed by atoms with Crippen LogP contribution in [0.15, 0.2) is 22.6 Å². The van der Waals surface area contributed by atoms with Gasteiger partial charge in [0.05, 0.1) is 16.4 Å². The second kappa shape index (κ2) is 9.64. The van der Waals surface area contributed by atoms with Crippen LogP contribution >= 0.6 is 50.2 Å². The van der Waals surface area contributed by atoms with Gasteiger partial charge >= 0.3 is 0 Å². The number of nitrogens with zero attached hydrogens (tertiary/aromatic N) is 3. The van der Waals surface area contributed by atoms with Crippen LogP contribution in [0.2, 0.25) is 4.34 Å². The zero-order chi connectivity index (χ0) is 25.7. The Morgan fingerprint density at radius 2 is 2.03 bits per heavy atom. The molecule has 0 aliphatic carbocycles. The van der Waals surface area contributed by atoms with Crippen molar-refractivity contribution in [3.63, 3.8) is 0 Å². The van der Waals surface area contributed by atoms with Crippen LogP contribution < -0.4 is 18.9 Å². The van der Waals surface area contributed by atoms with E-state index in [-0.39, 0.29) is 24.6 Å². The van der Waals surface area contributed by atoms with Gasteiger partial charge in [0, 0.05) is 20.4 Å². The smallest absolute Gasteiger partial charge is 0.283 e. The van der Waals surface area contributed by atoms with E-state index >= 15 is 0 Å². The van der Waals surface area contributed by atoms with Crippen molar-refractivity contribution in [3.05, 3.63) is 32.0 Å². The van der Waals surface area contributed by atoms with Crippen LogP contribution in [0, 0.1) is 0 Å². The molecule has 0 saturated carbocycles. The van der Waals surface area contributed by atoms with Crippen molar-refractivity contribution in [2.24, 2.45) is 7.05 Å². The van der Waals surface area contributed by atoms with Crippen LogP contribution in [0.5, 0.6) is 5.88 Å². The number of carbonyl (C=O) groups excluding carboxylic acids is 1. The lowest BCUT2D eigenvalue weighted by atomic mass is 10.4. The van der Waals surface area contributed by atoms with E-state index < -0.39 is 31.9 Å². The van der Waals surface area contributed by atoms with Crippen molar-refractivity contribution in [3.8, 4) is 5.88 Å². The van der Waals surface area contributed by atoms with Crippen molar-refractivity contribution in [1.29, 1.82) is 0 Å². The molecule has 0 saturated heterocycles. The lowest BCUT2D eigenvalue weighted by Crippen LogP contribution is -2.37. The average Bonchev–Trinajstić information content (AvgIpc) is 3.38. The second-order valence-electron chi connectivity index (χ2n) is 7.58. The first-order chi connectivity index (χ1) is 16.2. The summed E-state index contributed by atoms with van der Waals surface area (Å²) in [5.74, 6) is -1.08. The number of halogens is 2. The van der Waals surface area contributed by atoms with E-state index in [1.54, 1.807) is 29.8 Å². The van der Waals surface area contributed by atoms with Gasteiger partial charge < -0.3 is 9.30 Å². The maximum Gasteiger partial charge on any atom is 0.283 e. The highest BCUT2D eigenvalue weighted by Crippen LogP contribution is 2.44. The third-order valence-corrected chi connectivity index (χ3v) is 10.1. The molecule has 0 radical (unpaired) electrons. The number of hydrogen-bond acceptors (Lipinski definition) is 9. The summed E-state index contributed by atoms with van der Waals surface area (Å²) < 4.78 is 70.5. The first kappa shape index (κ1) is 26.4. The number of rotatable bonds is 8. The van der Waals surface area contributed by atoms with Gasteiger partial charge in [0.25, 0.3) is 20.0 Å². The SMILES string of the molecule is CC(=O)NS(=O)(=O)CCC[n+]1c(C=C2Oc3c(cc(Br)n3C)N2CS(=O)(=O)O)sc2cc(Cl)sc21. The number of fused-ring (bicyclic) bond motifs is 2. The second-order valence-corrected chi connectivity index (χ2v) is 14.4. The van der Waals surface area contributed by atoms with Gasteiger partial charge in [-0.05, 0) is 28.1 Å². The Balaban J connectivity index is 1.70. The number of aromatic nitrogens is 2. The monoisotopic (exact) mass is 645 g/mol. The molecule has 0 spiro atoms. The Hall–Kier alpha value is -1.69. The molecule has 190 valence electrons. The maximum atomic E-state index is 12.0. The molecule has 35 heavy (non-hydrogen) atoms. The van der Waals surface area contributed by atoms with Crippen LogP contribution in [0.25, 0.3) is 15.6 Å². The lowest BCUT2D eigenvalue weighted by molar-refractivity contribution is -0.666. The summed E-state index contributed by atoms with van der Waals surface area (Å²) in [5, 5.41) is 0.655.